The molecular weight excluding hydrogens is 583 g/mol. The number of carbonyl (C=O) groups is 2. The molecule has 158 valence electrons. The minimum atomic E-state index is -3.94. The monoisotopic (exact) mass is 602 g/mol. The van der Waals surface area contributed by atoms with E-state index in [4.69, 9.17) is 0 Å². The summed E-state index contributed by atoms with van der Waals surface area (Å²) in [6.07, 6.45) is 3.06. The second kappa shape index (κ2) is 8.68. The Morgan fingerprint density at radius 3 is 2.17 bits per heavy atom. The van der Waals surface area contributed by atoms with Crippen molar-refractivity contribution in [1.82, 2.24) is 4.31 Å². The van der Waals surface area contributed by atoms with Crippen molar-refractivity contribution in [2.24, 2.45) is 0 Å². The number of imide groups is 1. The van der Waals surface area contributed by atoms with Crippen molar-refractivity contribution < 1.29 is 18.0 Å². The SMILES string of the molecule is O=C1CC(N(C2CCCC2)S(=O)(=O)c2ccc(Br)cc2)C(=O)N1c1ccc(I)cc1. The summed E-state index contributed by atoms with van der Waals surface area (Å²) in [4.78, 5) is 27.4. The Balaban J connectivity index is 1.73. The zero-order chi connectivity index (χ0) is 21.5. The second-order valence-corrected chi connectivity index (χ2v) is 11.5. The molecule has 2 aliphatic rings. The van der Waals surface area contributed by atoms with Crippen LogP contribution in [-0.2, 0) is 19.6 Å². The van der Waals surface area contributed by atoms with Crippen molar-refractivity contribution in [2.75, 3.05) is 4.90 Å². The molecule has 2 amide bonds. The summed E-state index contributed by atoms with van der Waals surface area (Å²) < 4.78 is 30.2. The molecule has 1 heterocycles. The summed E-state index contributed by atoms with van der Waals surface area (Å²) >= 11 is 5.47. The Labute approximate surface area is 197 Å². The highest BCUT2D eigenvalue weighted by Gasteiger charge is 2.49. The van der Waals surface area contributed by atoms with E-state index in [1.165, 1.54) is 16.4 Å². The summed E-state index contributed by atoms with van der Waals surface area (Å²) in [6, 6.07) is 12.1. The molecule has 4 rings (SSSR count). The summed E-state index contributed by atoms with van der Waals surface area (Å²) in [5.41, 5.74) is 0.473. The number of rotatable bonds is 5. The molecule has 1 saturated heterocycles. The maximum absolute atomic E-state index is 13.6. The number of sulfonamides is 1. The van der Waals surface area contributed by atoms with Crippen LogP contribution < -0.4 is 4.90 Å². The predicted molar refractivity (Wildman–Crippen MR) is 125 cm³/mol. The average molecular weight is 603 g/mol. The van der Waals surface area contributed by atoms with E-state index in [9.17, 15) is 18.0 Å². The van der Waals surface area contributed by atoms with Crippen LogP contribution in [0.15, 0.2) is 57.9 Å². The Hall–Kier alpha value is -1.30. The second-order valence-electron chi connectivity index (χ2n) is 7.49. The largest absolute Gasteiger partial charge is 0.274 e. The van der Waals surface area contributed by atoms with Crippen molar-refractivity contribution >= 4 is 66.0 Å². The molecule has 9 heteroatoms. The van der Waals surface area contributed by atoms with Crippen LogP contribution in [0, 0.1) is 3.57 Å². The van der Waals surface area contributed by atoms with Gasteiger partial charge in [-0.2, -0.15) is 4.31 Å². The fraction of sp³-hybridized carbons (Fsp3) is 0.333. The van der Waals surface area contributed by atoms with E-state index in [0.717, 1.165) is 25.8 Å². The van der Waals surface area contributed by atoms with E-state index < -0.39 is 22.0 Å². The van der Waals surface area contributed by atoms with Crippen molar-refractivity contribution in [3.05, 3.63) is 56.6 Å². The number of hydrogen-bond acceptors (Lipinski definition) is 4. The van der Waals surface area contributed by atoms with Crippen LogP contribution in [0.2, 0.25) is 0 Å². The first-order valence-corrected chi connectivity index (χ1v) is 13.0. The van der Waals surface area contributed by atoms with Crippen LogP contribution in [0.25, 0.3) is 0 Å². The molecule has 2 aromatic carbocycles. The molecule has 2 aromatic rings. The Morgan fingerprint density at radius 2 is 1.57 bits per heavy atom. The summed E-state index contributed by atoms with van der Waals surface area (Å²) in [6.45, 7) is 0. The van der Waals surface area contributed by atoms with E-state index in [-0.39, 0.29) is 23.3 Å². The van der Waals surface area contributed by atoms with Crippen molar-refractivity contribution in [3.63, 3.8) is 0 Å². The molecular formula is C21H20BrIN2O4S. The highest BCUT2D eigenvalue weighted by molar-refractivity contribution is 14.1. The van der Waals surface area contributed by atoms with Crippen molar-refractivity contribution in [3.8, 4) is 0 Å². The van der Waals surface area contributed by atoms with E-state index in [1.807, 2.05) is 12.1 Å². The third-order valence-corrected chi connectivity index (χ3v) is 8.81. The topological polar surface area (TPSA) is 74.8 Å². The molecule has 0 radical (unpaired) electrons. The zero-order valence-corrected chi connectivity index (χ0v) is 20.6. The van der Waals surface area contributed by atoms with Gasteiger partial charge in [-0.05, 0) is 84.0 Å². The number of halogens is 2. The predicted octanol–water partition coefficient (Wildman–Crippen LogP) is 4.32. The summed E-state index contributed by atoms with van der Waals surface area (Å²) in [5, 5.41) is 0. The third-order valence-electron chi connectivity index (χ3n) is 5.59. The molecule has 1 saturated carbocycles. The van der Waals surface area contributed by atoms with Gasteiger partial charge in [0.1, 0.15) is 6.04 Å². The fourth-order valence-electron chi connectivity index (χ4n) is 4.18. The minimum absolute atomic E-state index is 0.130. The van der Waals surface area contributed by atoms with Gasteiger partial charge < -0.3 is 0 Å². The first-order chi connectivity index (χ1) is 14.3. The average Bonchev–Trinajstić information content (AvgIpc) is 3.32. The lowest BCUT2D eigenvalue weighted by Crippen LogP contribution is -2.49. The van der Waals surface area contributed by atoms with Gasteiger partial charge in [-0.1, -0.05) is 28.8 Å². The first-order valence-electron chi connectivity index (χ1n) is 9.70. The van der Waals surface area contributed by atoms with Crippen LogP contribution in [0.4, 0.5) is 5.69 Å². The highest BCUT2D eigenvalue weighted by atomic mass is 127. The molecule has 0 bridgehead atoms. The number of amides is 2. The zero-order valence-electron chi connectivity index (χ0n) is 16.0. The molecule has 30 heavy (non-hydrogen) atoms. The maximum Gasteiger partial charge on any atom is 0.252 e. The number of nitrogens with zero attached hydrogens (tertiary/aromatic N) is 2. The lowest BCUT2D eigenvalue weighted by Gasteiger charge is -2.32. The molecule has 1 atom stereocenters. The lowest BCUT2D eigenvalue weighted by molar-refractivity contribution is -0.122. The maximum atomic E-state index is 13.6. The summed E-state index contributed by atoms with van der Waals surface area (Å²) in [7, 11) is -3.94. The van der Waals surface area contributed by atoms with Gasteiger partial charge in [0.05, 0.1) is 17.0 Å². The van der Waals surface area contributed by atoms with Gasteiger partial charge in [-0.15, -0.1) is 0 Å². The van der Waals surface area contributed by atoms with Gasteiger partial charge in [0, 0.05) is 14.1 Å². The van der Waals surface area contributed by atoms with Gasteiger partial charge in [0.2, 0.25) is 15.9 Å². The quantitative estimate of drug-likeness (QED) is 0.377. The molecule has 2 fully saturated rings. The highest BCUT2D eigenvalue weighted by Crippen LogP contribution is 2.36. The van der Waals surface area contributed by atoms with Gasteiger partial charge in [0.15, 0.2) is 0 Å². The molecule has 0 spiro atoms. The van der Waals surface area contributed by atoms with Gasteiger partial charge >= 0.3 is 0 Å². The van der Waals surface area contributed by atoms with E-state index in [1.54, 1.807) is 24.3 Å². The van der Waals surface area contributed by atoms with Crippen molar-refractivity contribution in [2.45, 2.75) is 49.1 Å². The number of carbonyl (C=O) groups excluding carboxylic acids is 2. The van der Waals surface area contributed by atoms with Gasteiger partial charge in [0.25, 0.3) is 5.91 Å². The fourth-order valence-corrected chi connectivity index (χ4v) is 6.63. The molecule has 6 nitrogen and oxygen atoms in total. The number of hydrogen-bond donors (Lipinski definition) is 0. The molecule has 0 aromatic heterocycles. The Kier molecular flexibility index (Phi) is 6.34. The van der Waals surface area contributed by atoms with Gasteiger partial charge in [-0.25, -0.2) is 13.3 Å². The first kappa shape index (κ1) is 21.9. The molecule has 1 unspecified atom stereocenters. The smallest absolute Gasteiger partial charge is 0.252 e. The molecule has 0 N–H and O–H groups in total. The standard InChI is InChI=1S/C21H20BrIN2O4S/c22-14-5-11-18(12-6-14)30(28,29)25(17-3-1-2-4-17)19-13-20(26)24(21(19)27)16-9-7-15(23)8-10-16/h5-12,17,19H,1-4,13H2. The Morgan fingerprint density at radius 1 is 0.967 bits per heavy atom. The normalized spacial score (nSPS) is 20.5. The number of benzene rings is 2. The van der Waals surface area contributed by atoms with Crippen molar-refractivity contribution in [1.29, 1.82) is 0 Å². The van der Waals surface area contributed by atoms with Crippen LogP contribution in [0.5, 0.6) is 0 Å². The van der Waals surface area contributed by atoms with E-state index in [2.05, 4.69) is 38.5 Å². The van der Waals surface area contributed by atoms with Crippen LogP contribution in [0.1, 0.15) is 32.1 Å². The Bertz CT molecular complexity index is 1070. The van der Waals surface area contributed by atoms with Crippen LogP contribution >= 0.6 is 38.5 Å². The minimum Gasteiger partial charge on any atom is -0.274 e. The third kappa shape index (κ3) is 4.09. The van der Waals surface area contributed by atoms with E-state index in [0.29, 0.717) is 18.5 Å². The summed E-state index contributed by atoms with van der Waals surface area (Å²) in [5.74, 6) is -0.853. The van der Waals surface area contributed by atoms with Crippen LogP contribution in [0.3, 0.4) is 0 Å². The molecule has 1 aliphatic carbocycles. The number of anilines is 1. The van der Waals surface area contributed by atoms with Gasteiger partial charge in [-0.3, -0.25) is 9.59 Å². The van der Waals surface area contributed by atoms with Crippen LogP contribution in [-0.4, -0.2) is 36.6 Å². The molecule has 1 aliphatic heterocycles. The van der Waals surface area contributed by atoms with E-state index >= 15 is 0 Å². The lowest BCUT2D eigenvalue weighted by atomic mass is 10.2.